The second-order valence-electron chi connectivity index (χ2n) is 4.67. The van der Waals surface area contributed by atoms with Crippen molar-refractivity contribution in [2.24, 2.45) is 0 Å². The lowest BCUT2D eigenvalue weighted by atomic mass is 10.1. The molecule has 3 nitrogen and oxygen atoms in total. The SMILES string of the molecule is COc1cc(Cl)c(CN2CCN[C@@H](C)C2)cc1Cl. The van der Waals surface area contributed by atoms with Crippen molar-refractivity contribution in [1.82, 2.24) is 10.2 Å². The van der Waals surface area contributed by atoms with Gasteiger partial charge in [-0.25, -0.2) is 0 Å². The van der Waals surface area contributed by atoms with Crippen LogP contribution in [0.5, 0.6) is 5.75 Å². The predicted octanol–water partition coefficient (Wildman–Crippen LogP) is 2.80. The third kappa shape index (κ3) is 3.29. The van der Waals surface area contributed by atoms with Crippen molar-refractivity contribution >= 4 is 23.2 Å². The van der Waals surface area contributed by atoms with Crippen molar-refractivity contribution in [1.29, 1.82) is 0 Å². The molecule has 1 aliphatic heterocycles. The van der Waals surface area contributed by atoms with Crippen molar-refractivity contribution in [3.63, 3.8) is 0 Å². The van der Waals surface area contributed by atoms with Gasteiger partial charge in [-0.05, 0) is 18.6 Å². The fraction of sp³-hybridized carbons (Fsp3) is 0.538. The van der Waals surface area contributed by atoms with E-state index in [1.165, 1.54) is 0 Å². The minimum absolute atomic E-state index is 0.520. The van der Waals surface area contributed by atoms with Gasteiger partial charge < -0.3 is 10.1 Å². The van der Waals surface area contributed by atoms with E-state index in [0.29, 0.717) is 21.8 Å². The molecule has 1 aromatic carbocycles. The molecule has 2 rings (SSSR count). The number of rotatable bonds is 3. The summed E-state index contributed by atoms with van der Waals surface area (Å²) in [5, 5.41) is 4.74. The van der Waals surface area contributed by atoms with Crippen LogP contribution in [0.4, 0.5) is 0 Å². The van der Waals surface area contributed by atoms with Gasteiger partial charge in [0.15, 0.2) is 0 Å². The van der Waals surface area contributed by atoms with E-state index in [9.17, 15) is 0 Å². The molecule has 1 heterocycles. The summed E-state index contributed by atoms with van der Waals surface area (Å²) in [6, 6.07) is 4.20. The van der Waals surface area contributed by atoms with Crippen LogP contribution in [-0.2, 0) is 6.54 Å². The van der Waals surface area contributed by atoms with Gasteiger partial charge in [-0.3, -0.25) is 4.90 Å². The van der Waals surface area contributed by atoms with Crippen LogP contribution in [0.15, 0.2) is 12.1 Å². The topological polar surface area (TPSA) is 24.5 Å². The Hall–Kier alpha value is -0.480. The minimum atomic E-state index is 0.520. The molecule has 0 spiro atoms. The molecule has 0 unspecified atom stereocenters. The smallest absolute Gasteiger partial charge is 0.138 e. The Morgan fingerprint density at radius 2 is 2.17 bits per heavy atom. The molecule has 1 aromatic rings. The van der Waals surface area contributed by atoms with Crippen LogP contribution in [0.3, 0.4) is 0 Å². The van der Waals surface area contributed by atoms with Crippen LogP contribution in [0.1, 0.15) is 12.5 Å². The van der Waals surface area contributed by atoms with Crippen LogP contribution < -0.4 is 10.1 Å². The Labute approximate surface area is 118 Å². The molecular formula is C13H18Cl2N2O. The largest absolute Gasteiger partial charge is 0.495 e. The Morgan fingerprint density at radius 3 is 2.83 bits per heavy atom. The van der Waals surface area contributed by atoms with Gasteiger partial charge in [-0.15, -0.1) is 0 Å². The summed E-state index contributed by atoms with van der Waals surface area (Å²) in [4.78, 5) is 2.38. The molecular weight excluding hydrogens is 271 g/mol. The summed E-state index contributed by atoms with van der Waals surface area (Å²) in [6.07, 6.45) is 0. The summed E-state index contributed by atoms with van der Waals surface area (Å²) < 4.78 is 5.15. The first-order chi connectivity index (χ1) is 8.60. The normalized spacial score (nSPS) is 21.0. The van der Waals surface area contributed by atoms with Crippen molar-refractivity contribution in [3.8, 4) is 5.75 Å². The van der Waals surface area contributed by atoms with Gasteiger partial charge in [0.05, 0.1) is 12.1 Å². The van der Waals surface area contributed by atoms with E-state index in [4.69, 9.17) is 27.9 Å². The Balaban J connectivity index is 2.11. The molecule has 1 atom stereocenters. The highest BCUT2D eigenvalue weighted by atomic mass is 35.5. The summed E-state index contributed by atoms with van der Waals surface area (Å²) in [5.74, 6) is 0.624. The molecule has 18 heavy (non-hydrogen) atoms. The molecule has 1 saturated heterocycles. The maximum absolute atomic E-state index is 6.25. The molecule has 0 saturated carbocycles. The number of ether oxygens (including phenoxy) is 1. The number of methoxy groups -OCH3 is 1. The molecule has 1 N–H and O–H groups in total. The summed E-state index contributed by atoms with van der Waals surface area (Å²) in [7, 11) is 1.59. The van der Waals surface area contributed by atoms with Crippen LogP contribution in [0.25, 0.3) is 0 Å². The number of hydrogen-bond acceptors (Lipinski definition) is 3. The fourth-order valence-electron chi connectivity index (χ4n) is 2.24. The van der Waals surface area contributed by atoms with E-state index in [1.807, 2.05) is 6.07 Å². The van der Waals surface area contributed by atoms with Crippen LogP contribution in [-0.4, -0.2) is 37.7 Å². The highest BCUT2D eigenvalue weighted by molar-refractivity contribution is 6.34. The predicted molar refractivity (Wildman–Crippen MR) is 75.8 cm³/mol. The van der Waals surface area contributed by atoms with Crippen molar-refractivity contribution in [2.75, 3.05) is 26.7 Å². The van der Waals surface area contributed by atoms with E-state index >= 15 is 0 Å². The molecule has 1 fully saturated rings. The molecule has 0 bridgehead atoms. The lowest BCUT2D eigenvalue weighted by Crippen LogP contribution is -2.48. The van der Waals surface area contributed by atoms with Gasteiger partial charge in [-0.1, -0.05) is 23.2 Å². The molecule has 100 valence electrons. The van der Waals surface area contributed by atoms with E-state index in [-0.39, 0.29) is 0 Å². The first kappa shape index (κ1) is 13.9. The lowest BCUT2D eigenvalue weighted by molar-refractivity contribution is 0.199. The number of piperazine rings is 1. The fourth-order valence-corrected chi connectivity index (χ4v) is 2.72. The maximum Gasteiger partial charge on any atom is 0.138 e. The lowest BCUT2D eigenvalue weighted by Gasteiger charge is -2.32. The zero-order chi connectivity index (χ0) is 13.1. The number of nitrogens with one attached hydrogen (secondary N) is 1. The monoisotopic (exact) mass is 288 g/mol. The second-order valence-corrected chi connectivity index (χ2v) is 5.48. The summed E-state index contributed by atoms with van der Waals surface area (Å²) in [5.41, 5.74) is 1.05. The number of halogens is 2. The average Bonchev–Trinajstić information content (AvgIpc) is 2.33. The summed E-state index contributed by atoms with van der Waals surface area (Å²) >= 11 is 12.4. The maximum atomic E-state index is 6.25. The zero-order valence-corrected chi connectivity index (χ0v) is 12.2. The first-order valence-electron chi connectivity index (χ1n) is 6.08. The van der Waals surface area contributed by atoms with Gasteiger partial charge >= 0.3 is 0 Å². The average molecular weight is 289 g/mol. The third-order valence-electron chi connectivity index (χ3n) is 3.17. The standard InChI is InChI=1S/C13H18Cl2N2O/c1-9-7-17(4-3-16-9)8-10-5-12(15)13(18-2)6-11(10)14/h5-6,9,16H,3-4,7-8H2,1-2H3/t9-/m0/s1. The highest BCUT2D eigenvalue weighted by Crippen LogP contribution is 2.31. The Bertz CT molecular complexity index is 426. The van der Waals surface area contributed by atoms with Crippen LogP contribution in [0.2, 0.25) is 10.0 Å². The highest BCUT2D eigenvalue weighted by Gasteiger charge is 2.17. The molecule has 0 amide bonds. The molecule has 1 aliphatic rings. The van der Waals surface area contributed by atoms with Crippen molar-refractivity contribution < 1.29 is 4.74 Å². The summed E-state index contributed by atoms with van der Waals surface area (Å²) in [6.45, 7) is 6.09. The molecule has 0 aromatic heterocycles. The van der Waals surface area contributed by atoms with Crippen LogP contribution in [0, 0.1) is 0 Å². The third-order valence-corrected chi connectivity index (χ3v) is 3.81. The molecule has 5 heteroatoms. The van der Waals surface area contributed by atoms with Crippen molar-refractivity contribution in [2.45, 2.75) is 19.5 Å². The van der Waals surface area contributed by atoms with Crippen LogP contribution >= 0.6 is 23.2 Å². The number of nitrogens with zero attached hydrogens (tertiary/aromatic N) is 1. The van der Waals surface area contributed by atoms with Gasteiger partial charge in [0, 0.05) is 43.3 Å². The van der Waals surface area contributed by atoms with E-state index < -0.39 is 0 Å². The zero-order valence-electron chi connectivity index (χ0n) is 10.7. The van der Waals surface area contributed by atoms with Gasteiger partial charge in [0.2, 0.25) is 0 Å². The van der Waals surface area contributed by atoms with E-state index in [1.54, 1.807) is 13.2 Å². The second kappa shape index (κ2) is 6.11. The number of hydrogen-bond donors (Lipinski definition) is 1. The Kier molecular flexibility index (Phi) is 4.73. The minimum Gasteiger partial charge on any atom is -0.495 e. The van der Waals surface area contributed by atoms with E-state index in [2.05, 4.69) is 17.1 Å². The molecule has 0 aliphatic carbocycles. The van der Waals surface area contributed by atoms with Gasteiger partial charge in [0.1, 0.15) is 5.75 Å². The molecule has 0 radical (unpaired) electrons. The first-order valence-corrected chi connectivity index (χ1v) is 6.83. The van der Waals surface area contributed by atoms with Gasteiger partial charge in [-0.2, -0.15) is 0 Å². The Morgan fingerprint density at radius 1 is 1.39 bits per heavy atom. The number of benzene rings is 1. The van der Waals surface area contributed by atoms with Gasteiger partial charge in [0.25, 0.3) is 0 Å². The van der Waals surface area contributed by atoms with E-state index in [0.717, 1.165) is 31.7 Å². The quantitative estimate of drug-likeness (QED) is 0.926. The van der Waals surface area contributed by atoms with Crippen molar-refractivity contribution in [3.05, 3.63) is 27.7 Å².